The van der Waals surface area contributed by atoms with Crippen molar-refractivity contribution in [3.63, 3.8) is 0 Å². The van der Waals surface area contributed by atoms with Gasteiger partial charge in [-0.25, -0.2) is 4.98 Å². The number of hydrogen-bond donors (Lipinski definition) is 4. The fraction of sp³-hybridized carbons (Fsp3) is 0.478. The molecule has 4 N–H and O–H groups in total. The molecule has 2 aliphatic rings. The van der Waals surface area contributed by atoms with Gasteiger partial charge in [0.15, 0.2) is 5.82 Å². The van der Waals surface area contributed by atoms with E-state index in [4.69, 9.17) is 0 Å². The zero-order valence-corrected chi connectivity index (χ0v) is 18.2. The van der Waals surface area contributed by atoms with Gasteiger partial charge in [0, 0.05) is 30.0 Å². The standard InChI is InChI=1S/C23H29N7O2/c1-14-7-28-22(29-9-17-8-24-11-19(17)15-2-3-15)23(32)30(14)13-21(31)27-10-18-6-16-4-5-25-20(16)12-26-18/h4-7,12,15,17,19,24-25H,2-3,8-11,13H2,1H3,(H,27,31)(H,28,29)/t17-,19?/m1/s1. The van der Waals surface area contributed by atoms with Crippen molar-refractivity contribution in [1.29, 1.82) is 0 Å². The lowest BCUT2D eigenvalue weighted by Gasteiger charge is -2.19. The van der Waals surface area contributed by atoms with Gasteiger partial charge in [-0.15, -0.1) is 0 Å². The van der Waals surface area contributed by atoms with Crippen LogP contribution in [0.25, 0.3) is 10.9 Å². The lowest BCUT2D eigenvalue weighted by atomic mass is 9.91. The molecule has 2 atom stereocenters. The fourth-order valence-corrected chi connectivity index (χ4v) is 4.65. The van der Waals surface area contributed by atoms with Crippen molar-refractivity contribution < 1.29 is 4.79 Å². The predicted octanol–water partition coefficient (Wildman–Crippen LogP) is 1.40. The molecule has 1 aliphatic heterocycles. The Hall–Kier alpha value is -3.20. The second-order valence-corrected chi connectivity index (χ2v) is 8.96. The van der Waals surface area contributed by atoms with Crippen molar-refractivity contribution in [2.45, 2.75) is 32.9 Å². The van der Waals surface area contributed by atoms with E-state index in [0.717, 1.165) is 42.1 Å². The van der Waals surface area contributed by atoms with Crippen LogP contribution in [-0.2, 0) is 17.9 Å². The normalized spacial score (nSPS) is 20.5. The fourth-order valence-electron chi connectivity index (χ4n) is 4.65. The Kier molecular flexibility index (Phi) is 5.65. The van der Waals surface area contributed by atoms with Gasteiger partial charge in [-0.2, -0.15) is 0 Å². The molecule has 3 aromatic heterocycles. The van der Waals surface area contributed by atoms with Crippen LogP contribution >= 0.6 is 0 Å². The van der Waals surface area contributed by atoms with Crippen molar-refractivity contribution in [3.05, 3.63) is 52.5 Å². The maximum atomic E-state index is 13.0. The molecule has 1 amide bonds. The molecule has 0 spiro atoms. The molecule has 0 aromatic carbocycles. The summed E-state index contributed by atoms with van der Waals surface area (Å²) in [5.41, 5.74) is 2.11. The van der Waals surface area contributed by atoms with Crippen LogP contribution in [0.4, 0.5) is 5.82 Å². The minimum atomic E-state index is -0.263. The smallest absolute Gasteiger partial charge is 0.293 e. The molecule has 168 valence electrons. The third kappa shape index (κ3) is 4.38. The summed E-state index contributed by atoms with van der Waals surface area (Å²) in [5, 5.41) is 10.6. The number of aryl methyl sites for hydroxylation is 1. The van der Waals surface area contributed by atoms with Crippen molar-refractivity contribution >= 4 is 22.6 Å². The van der Waals surface area contributed by atoms with Crippen molar-refractivity contribution in [3.8, 4) is 0 Å². The van der Waals surface area contributed by atoms with Gasteiger partial charge >= 0.3 is 0 Å². The summed E-state index contributed by atoms with van der Waals surface area (Å²) in [4.78, 5) is 37.3. The van der Waals surface area contributed by atoms with E-state index in [1.165, 1.54) is 17.4 Å². The van der Waals surface area contributed by atoms with Crippen molar-refractivity contribution in [2.75, 3.05) is 25.0 Å². The van der Waals surface area contributed by atoms with Crippen LogP contribution in [0, 0.1) is 24.7 Å². The third-order valence-electron chi connectivity index (χ3n) is 6.67. The van der Waals surface area contributed by atoms with Gasteiger partial charge in [-0.1, -0.05) is 0 Å². The number of carbonyl (C=O) groups excluding carboxylic acids is 1. The minimum absolute atomic E-state index is 0.0516. The van der Waals surface area contributed by atoms with Crippen LogP contribution in [0.3, 0.4) is 0 Å². The molecule has 5 rings (SSSR count). The molecular formula is C23H29N7O2. The molecule has 32 heavy (non-hydrogen) atoms. The quantitative estimate of drug-likeness (QED) is 0.425. The minimum Gasteiger partial charge on any atom is -0.365 e. The number of anilines is 1. The maximum Gasteiger partial charge on any atom is 0.293 e. The highest BCUT2D eigenvalue weighted by molar-refractivity contribution is 5.79. The number of fused-ring (bicyclic) bond motifs is 1. The van der Waals surface area contributed by atoms with E-state index in [-0.39, 0.29) is 18.0 Å². The van der Waals surface area contributed by atoms with Gasteiger partial charge in [0.25, 0.3) is 5.56 Å². The number of hydrogen-bond acceptors (Lipinski definition) is 6. The van der Waals surface area contributed by atoms with Gasteiger partial charge in [0.1, 0.15) is 6.54 Å². The highest BCUT2D eigenvalue weighted by atomic mass is 16.2. The third-order valence-corrected chi connectivity index (χ3v) is 6.67. The molecule has 3 aromatic rings. The Morgan fingerprint density at radius 2 is 2.12 bits per heavy atom. The first-order chi connectivity index (χ1) is 15.6. The number of nitrogens with one attached hydrogen (secondary N) is 4. The molecular weight excluding hydrogens is 406 g/mol. The van der Waals surface area contributed by atoms with Gasteiger partial charge in [-0.05, 0) is 62.7 Å². The molecule has 2 fully saturated rings. The molecule has 0 radical (unpaired) electrons. The Labute approximate surface area is 186 Å². The summed E-state index contributed by atoms with van der Waals surface area (Å²) < 4.78 is 1.47. The average Bonchev–Trinajstić information content (AvgIpc) is 3.34. The van der Waals surface area contributed by atoms with Crippen LogP contribution in [-0.4, -0.2) is 45.1 Å². The molecule has 0 bridgehead atoms. The summed E-state index contributed by atoms with van der Waals surface area (Å²) in [7, 11) is 0. The summed E-state index contributed by atoms with van der Waals surface area (Å²) in [5.74, 6) is 2.09. The highest BCUT2D eigenvalue weighted by Gasteiger charge is 2.39. The Morgan fingerprint density at radius 3 is 2.97 bits per heavy atom. The number of aromatic amines is 1. The summed E-state index contributed by atoms with van der Waals surface area (Å²) >= 11 is 0. The Bertz CT molecular complexity index is 1180. The molecule has 9 heteroatoms. The Balaban J connectivity index is 1.21. The number of rotatable bonds is 8. The second-order valence-electron chi connectivity index (χ2n) is 8.96. The number of carbonyl (C=O) groups is 1. The maximum absolute atomic E-state index is 13.0. The molecule has 9 nitrogen and oxygen atoms in total. The number of aromatic nitrogens is 4. The van der Waals surface area contributed by atoms with E-state index in [1.54, 1.807) is 19.3 Å². The largest absolute Gasteiger partial charge is 0.365 e. The summed E-state index contributed by atoms with van der Waals surface area (Å²) in [6, 6.07) is 3.90. The molecule has 1 saturated heterocycles. The van der Waals surface area contributed by atoms with Gasteiger partial charge in [-0.3, -0.25) is 19.1 Å². The van der Waals surface area contributed by atoms with Gasteiger partial charge in [0.2, 0.25) is 5.91 Å². The lowest BCUT2D eigenvalue weighted by molar-refractivity contribution is -0.121. The monoisotopic (exact) mass is 435 g/mol. The first-order valence-electron chi connectivity index (χ1n) is 11.3. The first kappa shape index (κ1) is 20.7. The number of pyridine rings is 1. The summed E-state index contributed by atoms with van der Waals surface area (Å²) in [6.45, 7) is 4.80. The van der Waals surface area contributed by atoms with Crippen LogP contribution < -0.4 is 21.5 Å². The van der Waals surface area contributed by atoms with Crippen LogP contribution in [0.2, 0.25) is 0 Å². The van der Waals surface area contributed by atoms with Crippen LogP contribution in [0.1, 0.15) is 24.2 Å². The highest BCUT2D eigenvalue weighted by Crippen LogP contribution is 2.41. The van der Waals surface area contributed by atoms with E-state index < -0.39 is 0 Å². The van der Waals surface area contributed by atoms with Crippen LogP contribution in [0.15, 0.2) is 35.5 Å². The first-order valence-corrected chi connectivity index (χ1v) is 11.3. The lowest BCUT2D eigenvalue weighted by Crippen LogP contribution is -2.35. The van der Waals surface area contributed by atoms with Crippen molar-refractivity contribution in [2.24, 2.45) is 17.8 Å². The molecule has 1 aliphatic carbocycles. The predicted molar refractivity (Wildman–Crippen MR) is 122 cm³/mol. The van der Waals surface area contributed by atoms with E-state index in [1.807, 2.05) is 18.3 Å². The zero-order chi connectivity index (χ0) is 22.1. The molecule has 4 heterocycles. The zero-order valence-electron chi connectivity index (χ0n) is 18.2. The van der Waals surface area contributed by atoms with E-state index in [9.17, 15) is 9.59 Å². The topological polar surface area (TPSA) is 117 Å². The average molecular weight is 436 g/mol. The molecule has 1 unspecified atom stereocenters. The van der Waals surface area contributed by atoms with Gasteiger partial charge < -0.3 is 20.9 Å². The Morgan fingerprint density at radius 1 is 1.25 bits per heavy atom. The van der Waals surface area contributed by atoms with Crippen molar-refractivity contribution in [1.82, 2.24) is 30.2 Å². The van der Waals surface area contributed by atoms with E-state index >= 15 is 0 Å². The van der Waals surface area contributed by atoms with Gasteiger partial charge in [0.05, 0.1) is 24.0 Å². The van der Waals surface area contributed by atoms with Crippen LogP contribution in [0.5, 0.6) is 0 Å². The summed E-state index contributed by atoms with van der Waals surface area (Å²) in [6.07, 6.45) is 7.89. The molecule has 1 saturated carbocycles. The van der Waals surface area contributed by atoms with E-state index in [2.05, 4.69) is 30.9 Å². The van der Waals surface area contributed by atoms with E-state index in [0.29, 0.717) is 29.9 Å². The SMILES string of the molecule is Cc1cnc(NC[C@H]2CNCC2C2CC2)c(=O)n1CC(=O)NCc1cc2cc[nH]c2cn1. The number of nitrogens with zero attached hydrogens (tertiary/aromatic N) is 3. The second kappa shape index (κ2) is 8.74. The number of amides is 1. The number of H-pyrrole nitrogens is 1.